The zero-order valence-corrected chi connectivity index (χ0v) is 15.3. The van der Waals surface area contributed by atoms with Gasteiger partial charge in [0.25, 0.3) is 0 Å². The molecule has 0 aliphatic rings. The van der Waals surface area contributed by atoms with Crippen LogP contribution >= 0.6 is 11.6 Å². The Morgan fingerprint density at radius 2 is 1.88 bits per heavy atom. The monoisotopic (exact) mass is 369 g/mol. The van der Waals surface area contributed by atoms with E-state index in [1.165, 1.54) is 12.1 Å². The Labute approximate surface area is 147 Å². The second-order valence-corrected chi connectivity index (χ2v) is 7.23. The molecule has 130 valence electrons. The molecule has 0 radical (unpaired) electrons. The number of nitrogens with one attached hydrogen (secondary N) is 1. The Morgan fingerprint density at radius 1 is 1.17 bits per heavy atom. The number of sulfonamides is 1. The molecule has 0 saturated heterocycles. The van der Waals surface area contributed by atoms with Gasteiger partial charge < -0.3 is 9.47 Å². The Kier molecular flexibility index (Phi) is 6.10. The predicted octanol–water partition coefficient (Wildman–Crippen LogP) is 3.79. The number of para-hydroxylation sites is 1. The fourth-order valence-corrected chi connectivity index (χ4v) is 3.86. The Bertz CT molecular complexity index is 808. The van der Waals surface area contributed by atoms with Gasteiger partial charge in [0.2, 0.25) is 10.0 Å². The minimum absolute atomic E-state index is 0.0812. The normalized spacial score (nSPS) is 12.7. The van der Waals surface area contributed by atoms with Crippen LogP contribution in [-0.4, -0.2) is 22.1 Å². The van der Waals surface area contributed by atoms with Gasteiger partial charge in [-0.3, -0.25) is 0 Å². The molecule has 0 aliphatic heterocycles. The van der Waals surface area contributed by atoms with Crippen molar-refractivity contribution in [2.75, 3.05) is 13.7 Å². The first-order valence-corrected chi connectivity index (χ1v) is 9.32. The van der Waals surface area contributed by atoms with Crippen LogP contribution in [0.3, 0.4) is 0 Å². The molecule has 1 unspecified atom stereocenters. The van der Waals surface area contributed by atoms with E-state index in [1.54, 1.807) is 26.2 Å². The number of halogens is 1. The summed E-state index contributed by atoms with van der Waals surface area (Å²) in [5.41, 5.74) is 0.751. The fraction of sp³-hybridized carbons (Fsp3) is 0.294. The molecule has 7 heteroatoms. The third kappa shape index (κ3) is 4.20. The molecule has 1 atom stereocenters. The quantitative estimate of drug-likeness (QED) is 0.806. The summed E-state index contributed by atoms with van der Waals surface area (Å²) in [6, 6.07) is 11.2. The minimum atomic E-state index is -3.73. The van der Waals surface area contributed by atoms with E-state index in [0.717, 1.165) is 5.56 Å². The predicted molar refractivity (Wildman–Crippen MR) is 94.4 cm³/mol. The fourth-order valence-electron chi connectivity index (χ4n) is 2.31. The van der Waals surface area contributed by atoms with Crippen molar-refractivity contribution in [2.45, 2.75) is 24.8 Å². The van der Waals surface area contributed by atoms with E-state index in [2.05, 4.69) is 4.72 Å². The summed E-state index contributed by atoms with van der Waals surface area (Å²) in [5.74, 6) is 1.08. The maximum Gasteiger partial charge on any atom is 0.241 e. The highest BCUT2D eigenvalue weighted by atomic mass is 35.5. The maximum absolute atomic E-state index is 12.6. The second-order valence-electron chi connectivity index (χ2n) is 5.11. The van der Waals surface area contributed by atoms with Gasteiger partial charge in [-0.05, 0) is 38.1 Å². The highest BCUT2D eigenvalue weighted by Crippen LogP contribution is 2.29. The first-order valence-electron chi connectivity index (χ1n) is 7.46. The molecule has 0 amide bonds. The second kappa shape index (κ2) is 7.88. The molecule has 5 nitrogen and oxygen atoms in total. The highest BCUT2D eigenvalue weighted by Gasteiger charge is 2.21. The van der Waals surface area contributed by atoms with Gasteiger partial charge in [0.1, 0.15) is 11.5 Å². The summed E-state index contributed by atoms with van der Waals surface area (Å²) < 4.78 is 38.4. The van der Waals surface area contributed by atoms with Crippen LogP contribution in [0.2, 0.25) is 5.02 Å². The van der Waals surface area contributed by atoms with E-state index in [0.29, 0.717) is 18.1 Å². The number of hydrogen-bond donors (Lipinski definition) is 1. The number of methoxy groups -OCH3 is 1. The van der Waals surface area contributed by atoms with Gasteiger partial charge in [-0.2, -0.15) is 0 Å². The Balaban J connectivity index is 2.26. The molecule has 0 aromatic heterocycles. The third-order valence-corrected chi connectivity index (χ3v) is 5.28. The van der Waals surface area contributed by atoms with Crippen molar-refractivity contribution < 1.29 is 17.9 Å². The average molecular weight is 370 g/mol. The van der Waals surface area contributed by atoms with Crippen LogP contribution in [0.1, 0.15) is 25.5 Å². The van der Waals surface area contributed by atoms with Gasteiger partial charge in [-0.1, -0.05) is 29.8 Å². The summed E-state index contributed by atoms with van der Waals surface area (Å²) in [5, 5.41) is 0.254. The van der Waals surface area contributed by atoms with Gasteiger partial charge in [-0.15, -0.1) is 0 Å². The lowest BCUT2D eigenvalue weighted by molar-refractivity contribution is 0.340. The van der Waals surface area contributed by atoms with Crippen LogP contribution < -0.4 is 14.2 Å². The molecule has 0 aliphatic carbocycles. The van der Waals surface area contributed by atoms with Crippen LogP contribution in [0.5, 0.6) is 11.5 Å². The lowest BCUT2D eigenvalue weighted by Crippen LogP contribution is -2.27. The van der Waals surface area contributed by atoms with Crippen LogP contribution in [0.25, 0.3) is 0 Å². The van der Waals surface area contributed by atoms with E-state index in [-0.39, 0.29) is 9.92 Å². The van der Waals surface area contributed by atoms with Gasteiger partial charge >= 0.3 is 0 Å². The van der Waals surface area contributed by atoms with Crippen LogP contribution in [-0.2, 0) is 10.0 Å². The first-order chi connectivity index (χ1) is 11.4. The topological polar surface area (TPSA) is 64.6 Å². The lowest BCUT2D eigenvalue weighted by Gasteiger charge is -2.17. The number of hydrogen-bond acceptors (Lipinski definition) is 4. The number of ether oxygens (including phenoxy) is 2. The molecule has 0 spiro atoms. The zero-order valence-electron chi connectivity index (χ0n) is 13.7. The SMILES string of the molecule is CCOc1ccc(S(=O)(=O)NC(C)c2ccccc2OC)cc1Cl. The molecule has 2 aromatic carbocycles. The van der Waals surface area contributed by atoms with E-state index >= 15 is 0 Å². The zero-order chi connectivity index (χ0) is 17.7. The summed E-state index contributed by atoms with van der Waals surface area (Å²) in [6.07, 6.45) is 0. The van der Waals surface area contributed by atoms with Crippen LogP contribution in [0.4, 0.5) is 0 Å². The third-order valence-electron chi connectivity index (χ3n) is 3.45. The smallest absolute Gasteiger partial charge is 0.241 e. The molecule has 2 rings (SSSR count). The van der Waals surface area contributed by atoms with Crippen LogP contribution in [0, 0.1) is 0 Å². The minimum Gasteiger partial charge on any atom is -0.496 e. The largest absolute Gasteiger partial charge is 0.496 e. The molecular formula is C17H20ClNO4S. The summed E-state index contributed by atoms with van der Waals surface area (Å²) >= 11 is 6.08. The number of benzene rings is 2. The van der Waals surface area contributed by atoms with Gasteiger partial charge in [0.05, 0.1) is 23.6 Å². The van der Waals surface area contributed by atoms with Gasteiger partial charge in [0, 0.05) is 11.6 Å². The standard InChI is InChI=1S/C17H20ClNO4S/c1-4-23-17-10-9-13(11-15(17)18)24(20,21)19-12(2)14-7-5-6-8-16(14)22-3/h5-12,19H,4H2,1-3H3. The van der Waals surface area contributed by atoms with Crippen molar-refractivity contribution in [1.29, 1.82) is 0 Å². The molecular weight excluding hydrogens is 350 g/mol. The lowest BCUT2D eigenvalue weighted by atomic mass is 10.1. The van der Waals surface area contributed by atoms with Crippen molar-refractivity contribution in [3.63, 3.8) is 0 Å². The molecule has 24 heavy (non-hydrogen) atoms. The average Bonchev–Trinajstić information content (AvgIpc) is 2.56. The van der Waals surface area contributed by atoms with Crippen molar-refractivity contribution in [1.82, 2.24) is 4.72 Å². The van der Waals surface area contributed by atoms with Crippen molar-refractivity contribution in [3.8, 4) is 11.5 Å². The molecule has 0 fully saturated rings. The maximum atomic E-state index is 12.6. The molecule has 0 heterocycles. The van der Waals surface area contributed by atoms with Crippen molar-refractivity contribution in [3.05, 3.63) is 53.1 Å². The highest BCUT2D eigenvalue weighted by molar-refractivity contribution is 7.89. The van der Waals surface area contributed by atoms with Crippen molar-refractivity contribution in [2.24, 2.45) is 0 Å². The van der Waals surface area contributed by atoms with Crippen molar-refractivity contribution >= 4 is 21.6 Å². The number of rotatable bonds is 7. The van der Waals surface area contributed by atoms with E-state index in [4.69, 9.17) is 21.1 Å². The van der Waals surface area contributed by atoms with E-state index in [9.17, 15) is 8.42 Å². The molecule has 2 aromatic rings. The summed E-state index contributed by atoms with van der Waals surface area (Å²) in [7, 11) is -2.18. The van der Waals surface area contributed by atoms with E-state index in [1.807, 2.05) is 25.1 Å². The molecule has 0 saturated carbocycles. The molecule has 1 N–H and O–H groups in total. The molecule has 0 bridgehead atoms. The summed E-state index contributed by atoms with van der Waals surface area (Å²) in [4.78, 5) is 0.0812. The summed E-state index contributed by atoms with van der Waals surface area (Å²) in [6.45, 7) is 4.04. The Morgan fingerprint density at radius 3 is 2.50 bits per heavy atom. The van der Waals surface area contributed by atoms with Gasteiger partial charge in [-0.25, -0.2) is 13.1 Å². The first kappa shape index (κ1) is 18.6. The van der Waals surface area contributed by atoms with E-state index < -0.39 is 16.1 Å². The van der Waals surface area contributed by atoms with Crippen LogP contribution in [0.15, 0.2) is 47.4 Å². The Hall–Kier alpha value is -1.76. The van der Waals surface area contributed by atoms with Gasteiger partial charge in [0.15, 0.2) is 0 Å².